The van der Waals surface area contributed by atoms with Gasteiger partial charge in [0.05, 0.1) is 0 Å². The lowest BCUT2D eigenvalue weighted by atomic mass is 9.98. The summed E-state index contributed by atoms with van der Waals surface area (Å²) >= 11 is 0. The minimum absolute atomic E-state index is 0.0596. The van der Waals surface area contributed by atoms with Crippen LogP contribution in [0.25, 0.3) is 0 Å². The number of carbonyl (C=O) groups excluding carboxylic acids is 3. The number of rotatable bonds is 6. The third-order valence-corrected chi connectivity index (χ3v) is 2.64. The maximum absolute atomic E-state index is 11.7. The van der Waals surface area contributed by atoms with Gasteiger partial charge in [-0.2, -0.15) is 0 Å². The van der Waals surface area contributed by atoms with E-state index in [1.807, 2.05) is 0 Å². The quantitative estimate of drug-likeness (QED) is 0.552. The van der Waals surface area contributed by atoms with Gasteiger partial charge in [0.2, 0.25) is 11.8 Å². The van der Waals surface area contributed by atoms with Crippen molar-refractivity contribution in [3.63, 3.8) is 0 Å². The molecule has 0 radical (unpaired) electrons. The number of urea groups is 1. The summed E-state index contributed by atoms with van der Waals surface area (Å²) in [5.41, 5.74) is -0.685. The number of nitrogens with zero attached hydrogens (tertiary/aromatic N) is 1. The number of carboxylic acid groups (broad SMARTS) is 1. The Labute approximate surface area is 110 Å². The monoisotopic (exact) mass is 271 g/mol. The number of imide groups is 1. The lowest BCUT2D eigenvalue weighted by Crippen LogP contribution is -2.48. The van der Waals surface area contributed by atoms with Gasteiger partial charge in [-0.25, -0.2) is 4.79 Å². The molecular formula is C11H17N3O5. The maximum atomic E-state index is 11.7. The molecule has 0 saturated carbocycles. The van der Waals surface area contributed by atoms with Crippen molar-refractivity contribution in [1.82, 2.24) is 15.5 Å². The Morgan fingerprint density at radius 2 is 2.05 bits per heavy atom. The minimum Gasteiger partial charge on any atom is -0.481 e. The summed E-state index contributed by atoms with van der Waals surface area (Å²) in [5.74, 6) is -1.81. The van der Waals surface area contributed by atoms with Crippen molar-refractivity contribution in [3.05, 3.63) is 0 Å². The predicted octanol–water partition coefficient (Wildman–Crippen LogP) is -0.702. The molecule has 8 heteroatoms. The zero-order chi connectivity index (χ0) is 14.6. The topological polar surface area (TPSA) is 116 Å². The highest BCUT2D eigenvalue weighted by Gasteiger charge is 2.30. The van der Waals surface area contributed by atoms with E-state index >= 15 is 0 Å². The summed E-state index contributed by atoms with van der Waals surface area (Å²) in [5, 5.41) is 13.3. The second kappa shape index (κ2) is 5.68. The van der Waals surface area contributed by atoms with Gasteiger partial charge >= 0.3 is 12.0 Å². The zero-order valence-electron chi connectivity index (χ0n) is 10.9. The minimum atomic E-state index is -0.938. The van der Waals surface area contributed by atoms with Crippen LogP contribution in [0.4, 0.5) is 4.79 Å². The van der Waals surface area contributed by atoms with E-state index in [2.05, 4.69) is 10.6 Å². The predicted molar refractivity (Wildman–Crippen MR) is 64.2 cm³/mol. The smallest absolute Gasteiger partial charge is 0.325 e. The van der Waals surface area contributed by atoms with Crippen LogP contribution in [0.1, 0.15) is 26.7 Å². The average molecular weight is 271 g/mol. The van der Waals surface area contributed by atoms with Gasteiger partial charge in [-0.1, -0.05) is 0 Å². The van der Waals surface area contributed by atoms with Gasteiger partial charge in [0.25, 0.3) is 0 Å². The Hall–Kier alpha value is -2.12. The molecule has 0 aromatic carbocycles. The van der Waals surface area contributed by atoms with Crippen LogP contribution in [-0.2, 0) is 14.4 Å². The van der Waals surface area contributed by atoms with Gasteiger partial charge < -0.3 is 15.3 Å². The van der Waals surface area contributed by atoms with Crippen LogP contribution >= 0.6 is 0 Å². The fourth-order valence-electron chi connectivity index (χ4n) is 1.68. The maximum Gasteiger partial charge on any atom is 0.325 e. The molecule has 1 aliphatic rings. The molecule has 1 aliphatic heterocycles. The Morgan fingerprint density at radius 3 is 2.53 bits per heavy atom. The molecule has 1 rings (SSSR count). The molecule has 0 unspecified atom stereocenters. The Morgan fingerprint density at radius 1 is 1.42 bits per heavy atom. The summed E-state index contributed by atoms with van der Waals surface area (Å²) in [6.07, 6.45) is 0.217. The Balaban J connectivity index is 2.44. The molecule has 3 N–H and O–H groups in total. The van der Waals surface area contributed by atoms with E-state index in [9.17, 15) is 19.2 Å². The number of carbonyl (C=O) groups is 4. The molecule has 0 aromatic heterocycles. The van der Waals surface area contributed by atoms with Crippen LogP contribution < -0.4 is 10.6 Å². The van der Waals surface area contributed by atoms with E-state index in [0.29, 0.717) is 0 Å². The lowest BCUT2D eigenvalue weighted by Gasteiger charge is -2.26. The van der Waals surface area contributed by atoms with Crippen molar-refractivity contribution >= 4 is 23.8 Å². The van der Waals surface area contributed by atoms with Crippen LogP contribution in [-0.4, -0.2) is 52.4 Å². The summed E-state index contributed by atoms with van der Waals surface area (Å²) in [4.78, 5) is 45.5. The normalized spacial score (nSPS) is 15.4. The van der Waals surface area contributed by atoms with E-state index in [0.717, 1.165) is 4.90 Å². The Kier molecular flexibility index (Phi) is 4.47. The van der Waals surface area contributed by atoms with Gasteiger partial charge in [-0.15, -0.1) is 0 Å². The van der Waals surface area contributed by atoms with Crippen molar-refractivity contribution < 1.29 is 24.3 Å². The van der Waals surface area contributed by atoms with E-state index < -0.39 is 29.4 Å². The highest BCUT2D eigenvalue weighted by Crippen LogP contribution is 2.11. The largest absolute Gasteiger partial charge is 0.481 e. The highest BCUT2D eigenvalue weighted by molar-refractivity contribution is 6.03. The van der Waals surface area contributed by atoms with Crippen LogP contribution in [0.15, 0.2) is 0 Å². The standard InChI is InChI=1S/C11H17N3O5/c1-11(2,4-3-9(17)18)13-8(16)6-14-5-7(15)12-10(14)19/h3-6H2,1-2H3,(H,13,16)(H,17,18)(H,12,15,19). The van der Waals surface area contributed by atoms with Gasteiger partial charge in [0.15, 0.2) is 0 Å². The number of hydrogen-bond donors (Lipinski definition) is 3. The second-order valence-electron chi connectivity index (χ2n) is 5.04. The van der Waals surface area contributed by atoms with Gasteiger partial charge in [0, 0.05) is 12.0 Å². The first-order valence-electron chi connectivity index (χ1n) is 5.81. The molecule has 106 valence electrons. The molecule has 0 atom stereocenters. The summed E-state index contributed by atoms with van der Waals surface area (Å²) in [6, 6.07) is -0.594. The number of aliphatic carboxylic acids is 1. The molecule has 0 aromatic rings. The molecule has 19 heavy (non-hydrogen) atoms. The second-order valence-corrected chi connectivity index (χ2v) is 5.04. The molecule has 0 aliphatic carbocycles. The number of nitrogens with one attached hydrogen (secondary N) is 2. The van der Waals surface area contributed by atoms with E-state index in [-0.39, 0.29) is 25.9 Å². The summed E-state index contributed by atoms with van der Waals surface area (Å²) < 4.78 is 0. The van der Waals surface area contributed by atoms with E-state index in [1.54, 1.807) is 13.8 Å². The van der Waals surface area contributed by atoms with Crippen molar-refractivity contribution in [2.75, 3.05) is 13.1 Å². The molecular weight excluding hydrogens is 254 g/mol. The van der Waals surface area contributed by atoms with Crippen molar-refractivity contribution in [1.29, 1.82) is 0 Å². The molecule has 8 nitrogen and oxygen atoms in total. The fourth-order valence-corrected chi connectivity index (χ4v) is 1.68. The highest BCUT2D eigenvalue weighted by atomic mass is 16.4. The lowest BCUT2D eigenvalue weighted by molar-refractivity contribution is -0.138. The molecule has 1 saturated heterocycles. The van der Waals surface area contributed by atoms with Crippen LogP contribution in [0, 0.1) is 0 Å². The molecule has 1 heterocycles. The van der Waals surface area contributed by atoms with Crippen LogP contribution in [0.3, 0.4) is 0 Å². The number of carboxylic acids is 1. The fraction of sp³-hybridized carbons (Fsp3) is 0.636. The van der Waals surface area contributed by atoms with Gasteiger partial charge in [-0.05, 0) is 20.3 Å². The Bertz CT molecular complexity index is 419. The average Bonchev–Trinajstić information content (AvgIpc) is 2.54. The van der Waals surface area contributed by atoms with Crippen molar-refractivity contribution in [2.45, 2.75) is 32.2 Å². The third kappa shape index (κ3) is 4.94. The first kappa shape index (κ1) is 14.9. The number of hydrogen-bond acceptors (Lipinski definition) is 4. The molecule has 4 amide bonds. The molecule has 0 spiro atoms. The molecule has 0 bridgehead atoms. The van der Waals surface area contributed by atoms with E-state index in [1.165, 1.54) is 0 Å². The van der Waals surface area contributed by atoms with Crippen LogP contribution in [0.2, 0.25) is 0 Å². The SMILES string of the molecule is CC(C)(CCC(=O)O)NC(=O)CN1CC(=O)NC1=O. The van der Waals surface area contributed by atoms with Crippen LogP contribution in [0.5, 0.6) is 0 Å². The molecule has 1 fully saturated rings. The van der Waals surface area contributed by atoms with Crippen molar-refractivity contribution in [2.24, 2.45) is 0 Å². The number of amides is 4. The first-order valence-corrected chi connectivity index (χ1v) is 5.81. The zero-order valence-corrected chi connectivity index (χ0v) is 10.9. The van der Waals surface area contributed by atoms with Gasteiger partial charge in [0.1, 0.15) is 13.1 Å². The third-order valence-electron chi connectivity index (χ3n) is 2.64. The summed E-state index contributed by atoms with van der Waals surface area (Å²) in [6.45, 7) is 3.03. The van der Waals surface area contributed by atoms with Crippen molar-refractivity contribution in [3.8, 4) is 0 Å². The summed E-state index contributed by atoms with van der Waals surface area (Å²) in [7, 11) is 0. The van der Waals surface area contributed by atoms with E-state index in [4.69, 9.17) is 5.11 Å². The van der Waals surface area contributed by atoms with Gasteiger partial charge in [-0.3, -0.25) is 19.7 Å². The first-order chi connectivity index (χ1) is 8.69.